The zero-order valence-electron chi connectivity index (χ0n) is 17.4. The molecule has 0 aromatic heterocycles. The molecule has 176 valence electrons. The van der Waals surface area contributed by atoms with E-state index in [0.29, 0.717) is 11.4 Å². The van der Waals surface area contributed by atoms with Gasteiger partial charge in [-0.25, -0.2) is 0 Å². The second kappa shape index (κ2) is 11.6. The van der Waals surface area contributed by atoms with Crippen molar-refractivity contribution in [2.45, 2.75) is 0 Å². The van der Waals surface area contributed by atoms with Crippen molar-refractivity contribution >= 4 is 35.6 Å². The second-order valence-corrected chi connectivity index (χ2v) is 7.21. The first-order chi connectivity index (χ1) is 15.2. The molecule has 0 bridgehead atoms. The Hall–Kier alpha value is -3.74. The summed E-state index contributed by atoms with van der Waals surface area (Å²) in [6.07, 6.45) is -4.51. The average molecular weight is 449 g/mol. The lowest BCUT2D eigenvalue weighted by molar-refractivity contribution is -0.272. The van der Waals surface area contributed by atoms with E-state index >= 15 is 0 Å². The molecule has 32 heavy (non-hydrogen) atoms. The topological polar surface area (TPSA) is 188 Å². The smallest absolute Gasteiger partial charge is 0.238 e. The van der Waals surface area contributed by atoms with Crippen molar-refractivity contribution in [2.24, 2.45) is 0 Å². The third kappa shape index (κ3) is 7.83. The first kappa shape index (κ1) is 24.5. The van der Waals surface area contributed by atoms with E-state index in [-0.39, 0.29) is 64.8 Å². The van der Waals surface area contributed by atoms with Crippen molar-refractivity contribution in [2.75, 3.05) is 70.0 Å². The largest absolute Gasteiger partial charge is 0.530 e. The summed E-state index contributed by atoms with van der Waals surface area (Å²) in [5.41, 5.74) is 6.67. The Morgan fingerprint density at radius 3 is 1.47 bits per heavy atom. The fourth-order valence-corrected chi connectivity index (χ4v) is 3.13. The average Bonchev–Trinajstić information content (AvgIpc) is 2.71. The van der Waals surface area contributed by atoms with Crippen LogP contribution >= 0.6 is 0 Å². The van der Waals surface area contributed by atoms with Gasteiger partial charge in [0.2, 0.25) is 5.91 Å². The van der Waals surface area contributed by atoms with Crippen LogP contribution in [0, 0.1) is 0 Å². The maximum atomic E-state index is 12.4. The summed E-state index contributed by atoms with van der Waals surface area (Å²) in [7, 11) is 0. The minimum atomic E-state index is -1.54. The van der Waals surface area contributed by atoms with Gasteiger partial charge in [0, 0.05) is 63.7 Å². The van der Waals surface area contributed by atoms with Crippen LogP contribution in [0.1, 0.15) is 0 Å². The molecule has 0 unspecified atom stereocenters. The Morgan fingerprint density at radius 2 is 1.09 bits per heavy atom. The second-order valence-electron chi connectivity index (χ2n) is 7.21. The van der Waals surface area contributed by atoms with Crippen LogP contribution in [0.15, 0.2) is 24.3 Å². The molecule has 4 amide bonds. The highest BCUT2D eigenvalue weighted by Gasteiger charge is 2.18. The Morgan fingerprint density at radius 1 is 0.719 bits per heavy atom. The molecule has 0 saturated carbocycles. The van der Waals surface area contributed by atoms with Crippen molar-refractivity contribution < 1.29 is 34.5 Å². The third-order valence-corrected chi connectivity index (χ3v) is 4.99. The molecule has 2 rings (SSSR count). The molecule has 1 aromatic rings. The lowest BCUT2D eigenvalue weighted by Crippen LogP contribution is -2.55. The highest BCUT2D eigenvalue weighted by molar-refractivity contribution is 5.92. The van der Waals surface area contributed by atoms with Gasteiger partial charge >= 0.3 is 0 Å². The first-order valence-corrected chi connectivity index (χ1v) is 9.91. The van der Waals surface area contributed by atoms with E-state index in [1.54, 1.807) is 29.2 Å². The number of hydrogen-bond acceptors (Lipinski definition) is 9. The molecule has 1 aliphatic heterocycles. The fraction of sp³-hybridized carbons (Fsp3) is 0.474. The molecular formula is C19H25N6O7-3. The molecule has 1 aliphatic rings. The number of hydrogen-bond donors (Lipinski definition) is 2. The lowest BCUT2D eigenvalue weighted by Gasteiger charge is -2.36. The van der Waals surface area contributed by atoms with E-state index in [1.807, 2.05) is 0 Å². The fourth-order valence-electron chi connectivity index (χ4n) is 3.13. The molecule has 13 heteroatoms. The molecule has 1 aromatic carbocycles. The van der Waals surface area contributed by atoms with Gasteiger partial charge in [-0.2, -0.15) is 0 Å². The summed E-state index contributed by atoms with van der Waals surface area (Å²) in [4.78, 5) is 50.8. The summed E-state index contributed by atoms with van der Waals surface area (Å²) >= 11 is 0. The Bertz CT molecular complexity index is 789. The molecule has 1 heterocycles. The normalized spacial score (nSPS) is 16.6. The van der Waals surface area contributed by atoms with Crippen molar-refractivity contribution in [1.29, 1.82) is 0 Å². The van der Waals surface area contributed by atoms with Crippen LogP contribution in [0.3, 0.4) is 0 Å². The summed E-state index contributed by atoms with van der Waals surface area (Å²) in [5, 5.41) is 36.8. The molecule has 3 N–H and O–H groups in total. The monoisotopic (exact) mass is 449 g/mol. The summed E-state index contributed by atoms with van der Waals surface area (Å²) in [5.74, 6) is -0.384. The number of carbonyl (C=O) groups excluding carboxylic acids is 4. The molecule has 0 atom stereocenters. The predicted molar refractivity (Wildman–Crippen MR) is 107 cm³/mol. The molecule has 0 spiro atoms. The van der Waals surface area contributed by atoms with Gasteiger partial charge in [0.05, 0.1) is 6.54 Å². The number of amides is 4. The Balaban J connectivity index is 2.09. The van der Waals surface area contributed by atoms with E-state index in [2.05, 4.69) is 5.32 Å². The number of rotatable bonds is 3. The Labute approximate surface area is 184 Å². The number of benzene rings is 1. The van der Waals surface area contributed by atoms with Gasteiger partial charge in [-0.1, -0.05) is 0 Å². The number of anilines is 2. The molecule has 0 aliphatic carbocycles. The highest BCUT2D eigenvalue weighted by atomic mass is 16.4. The number of nitrogens with two attached hydrogens (primary N) is 1. The van der Waals surface area contributed by atoms with E-state index < -0.39 is 18.3 Å². The van der Waals surface area contributed by atoms with Gasteiger partial charge < -0.3 is 55.5 Å². The summed E-state index contributed by atoms with van der Waals surface area (Å²) < 4.78 is 0. The van der Waals surface area contributed by atoms with Gasteiger partial charge in [0.1, 0.15) is 18.3 Å². The molecular weight excluding hydrogens is 424 g/mol. The molecule has 0 radical (unpaired) electrons. The lowest BCUT2D eigenvalue weighted by atomic mass is 10.3. The van der Waals surface area contributed by atoms with Gasteiger partial charge in [-0.05, 0) is 24.3 Å². The van der Waals surface area contributed by atoms with Gasteiger partial charge in [-0.3, -0.25) is 9.69 Å². The van der Waals surface area contributed by atoms with Crippen LogP contribution in [0.4, 0.5) is 25.8 Å². The van der Waals surface area contributed by atoms with Crippen molar-refractivity contribution in [3.63, 3.8) is 0 Å². The SMILES string of the molecule is Nc1ccc(NC(=O)CN2CCN(C(=O)[O-])CCN(C(=O)[O-])CCN(C(=O)[O-])CC2)cc1. The number of nitrogens with zero attached hydrogens (tertiary/aromatic N) is 4. The van der Waals surface area contributed by atoms with Crippen LogP contribution in [-0.2, 0) is 4.79 Å². The zero-order chi connectivity index (χ0) is 23.7. The maximum Gasteiger partial charge on any atom is 0.238 e. The molecule has 13 nitrogen and oxygen atoms in total. The summed E-state index contributed by atoms with van der Waals surface area (Å²) in [6, 6.07) is 6.50. The van der Waals surface area contributed by atoms with Crippen molar-refractivity contribution in [3.8, 4) is 0 Å². The van der Waals surface area contributed by atoms with Crippen LogP contribution in [-0.4, -0.2) is 103 Å². The molecule has 1 fully saturated rings. The zero-order valence-corrected chi connectivity index (χ0v) is 17.4. The van der Waals surface area contributed by atoms with Gasteiger partial charge in [0.25, 0.3) is 0 Å². The minimum Gasteiger partial charge on any atom is -0.530 e. The van der Waals surface area contributed by atoms with Crippen molar-refractivity contribution in [1.82, 2.24) is 19.6 Å². The van der Waals surface area contributed by atoms with E-state index in [4.69, 9.17) is 5.73 Å². The predicted octanol–water partition coefficient (Wildman–Crippen LogP) is -3.54. The maximum absolute atomic E-state index is 12.4. The van der Waals surface area contributed by atoms with Crippen LogP contribution in [0.5, 0.6) is 0 Å². The summed E-state index contributed by atoms with van der Waals surface area (Å²) in [6.45, 7) is -0.876. The minimum absolute atomic E-state index is 0.0658. The van der Waals surface area contributed by atoms with Crippen LogP contribution in [0.25, 0.3) is 0 Å². The van der Waals surface area contributed by atoms with Gasteiger partial charge in [0.15, 0.2) is 0 Å². The van der Waals surface area contributed by atoms with Crippen LogP contribution < -0.4 is 26.4 Å². The highest BCUT2D eigenvalue weighted by Crippen LogP contribution is 2.10. The van der Waals surface area contributed by atoms with E-state index in [1.165, 1.54) is 0 Å². The van der Waals surface area contributed by atoms with Crippen LogP contribution in [0.2, 0.25) is 0 Å². The standard InChI is InChI=1S/C19H28N6O7/c20-14-1-3-15(4-2-14)21-16(26)13-22-5-7-23(17(27)28)9-11-25(19(31)32)12-10-24(8-6-22)18(29)30/h1-4H,5-13,20H2,(H,21,26)(H,27,28)(H,29,30)(H,31,32)/p-3. The van der Waals surface area contributed by atoms with E-state index in [9.17, 15) is 34.5 Å². The number of carboxylic acid groups (broad SMARTS) is 3. The van der Waals surface area contributed by atoms with Crippen molar-refractivity contribution in [3.05, 3.63) is 24.3 Å². The Kier molecular flexibility index (Phi) is 8.89. The van der Waals surface area contributed by atoms with E-state index in [0.717, 1.165) is 14.7 Å². The quantitative estimate of drug-likeness (QED) is 0.440. The number of nitrogens with one attached hydrogen (secondary N) is 1. The number of carbonyl (C=O) groups is 4. The number of nitrogen functional groups attached to an aromatic ring is 1. The first-order valence-electron chi connectivity index (χ1n) is 9.91. The third-order valence-electron chi connectivity index (χ3n) is 4.99. The molecule has 1 saturated heterocycles. The van der Waals surface area contributed by atoms with Gasteiger partial charge in [-0.15, -0.1) is 0 Å².